The lowest BCUT2D eigenvalue weighted by Crippen LogP contribution is -1.92. The van der Waals surface area contributed by atoms with Crippen LogP contribution in [0.15, 0.2) is 78.9 Å². The van der Waals surface area contributed by atoms with Crippen molar-refractivity contribution < 1.29 is 0 Å². The number of rotatable bonds is 2. The summed E-state index contributed by atoms with van der Waals surface area (Å²) < 4.78 is 0. The summed E-state index contributed by atoms with van der Waals surface area (Å²) in [5, 5.41) is 2.57. The van der Waals surface area contributed by atoms with Crippen molar-refractivity contribution in [1.29, 1.82) is 0 Å². The number of fused-ring (bicyclic) bond motifs is 1. The van der Waals surface area contributed by atoms with Crippen molar-refractivity contribution in [2.24, 2.45) is 0 Å². The molecule has 4 aromatic carbocycles. The van der Waals surface area contributed by atoms with Gasteiger partial charge in [-0.05, 0) is 82.6 Å². The van der Waals surface area contributed by atoms with Crippen LogP contribution in [-0.4, -0.2) is 0 Å². The standard InChI is InChI=1S/C25H22/c1-17-11-12-23(16-24(17)25-18(2)7-6-8-19(25)3)22-14-13-20-9-4-5-10-21(20)15-22/h4-16H,1-3H3. The lowest BCUT2D eigenvalue weighted by atomic mass is 9.90. The van der Waals surface area contributed by atoms with Gasteiger partial charge in [-0.1, -0.05) is 66.7 Å². The third kappa shape index (κ3) is 2.85. The predicted molar refractivity (Wildman–Crippen MR) is 109 cm³/mol. The van der Waals surface area contributed by atoms with Crippen LogP contribution >= 0.6 is 0 Å². The summed E-state index contributed by atoms with van der Waals surface area (Å²) in [6, 6.07) is 28.6. The second kappa shape index (κ2) is 6.22. The quantitative estimate of drug-likeness (QED) is 0.369. The van der Waals surface area contributed by atoms with Crippen molar-refractivity contribution in [3.8, 4) is 22.3 Å². The van der Waals surface area contributed by atoms with Crippen LogP contribution in [0.2, 0.25) is 0 Å². The highest BCUT2D eigenvalue weighted by Crippen LogP contribution is 2.34. The Kier molecular flexibility index (Phi) is 3.89. The van der Waals surface area contributed by atoms with E-state index in [-0.39, 0.29) is 0 Å². The molecule has 0 aliphatic rings. The highest BCUT2D eigenvalue weighted by Gasteiger charge is 2.10. The molecule has 0 heteroatoms. The van der Waals surface area contributed by atoms with Gasteiger partial charge < -0.3 is 0 Å². The highest BCUT2D eigenvalue weighted by molar-refractivity contribution is 5.88. The minimum absolute atomic E-state index is 1.27. The van der Waals surface area contributed by atoms with Crippen molar-refractivity contribution in [2.75, 3.05) is 0 Å². The Hall–Kier alpha value is -2.86. The molecule has 0 N–H and O–H groups in total. The molecule has 4 rings (SSSR count). The molecule has 0 aliphatic carbocycles. The van der Waals surface area contributed by atoms with Crippen LogP contribution < -0.4 is 0 Å². The van der Waals surface area contributed by atoms with Crippen LogP contribution in [0.25, 0.3) is 33.0 Å². The van der Waals surface area contributed by atoms with Gasteiger partial charge in [0, 0.05) is 0 Å². The Morgan fingerprint density at radius 2 is 1.12 bits per heavy atom. The molecule has 122 valence electrons. The van der Waals surface area contributed by atoms with Crippen LogP contribution in [0.4, 0.5) is 0 Å². The fraction of sp³-hybridized carbons (Fsp3) is 0.120. The first kappa shape index (κ1) is 15.7. The minimum atomic E-state index is 1.27. The summed E-state index contributed by atoms with van der Waals surface area (Å²) in [4.78, 5) is 0. The third-order valence-electron chi connectivity index (χ3n) is 5.07. The molecular formula is C25H22. The molecule has 0 nitrogen and oxygen atoms in total. The van der Waals surface area contributed by atoms with E-state index in [1.54, 1.807) is 0 Å². The molecular weight excluding hydrogens is 300 g/mol. The third-order valence-corrected chi connectivity index (χ3v) is 5.07. The van der Waals surface area contributed by atoms with Gasteiger partial charge in [0.15, 0.2) is 0 Å². The summed E-state index contributed by atoms with van der Waals surface area (Å²) >= 11 is 0. The maximum Gasteiger partial charge on any atom is -0.0123 e. The molecule has 0 fully saturated rings. The molecule has 0 amide bonds. The van der Waals surface area contributed by atoms with Crippen LogP contribution in [0, 0.1) is 20.8 Å². The number of hydrogen-bond acceptors (Lipinski definition) is 0. The van der Waals surface area contributed by atoms with Gasteiger partial charge in [0.05, 0.1) is 0 Å². The summed E-state index contributed by atoms with van der Waals surface area (Å²) in [5.41, 5.74) is 9.23. The van der Waals surface area contributed by atoms with Crippen LogP contribution in [0.5, 0.6) is 0 Å². The highest BCUT2D eigenvalue weighted by atomic mass is 14.1. The van der Waals surface area contributed by atoms with Gasteiger partial charge in [-0.15, -0.1) is 0 Å². The molecule has 0 saturated carbocycles. The van der Waals surface area contributed by atoms with Gasteiger partial charge >= 0.3 is 0 Å². The molecule has 0 heterocycles. The van der Waals surface area contributed by atoms with E-state index in [0.717, 1.165) is 0 Å². The fourth-order valence-electron chi connectivity index (χ4n) is 3.68. The van der Waals surface area contributed by atoms with Gasteiger partial charge in [-0.2, -0.15) is 0 Å². The molecule has 4 aromatic rings. The van der Waals surface area contributed by atoms with Gasteiger partial charge in [0.2, 0.25) is 0 Å². The first-order valence-electron chi connectivity index (χ1n) is 8.80. The fourth-order valence-corrected chi connectivity index (χ4v) is 3.68. The Labute approximate surface area is 149 Å². The van der Waals surface area contributed by atoms with E-state index >= 15 is 0 Å². The maximum atomic E-state index is 2.34. The summed E-state index contributed by atoms with van der Waals surface area (Å²) in [6.45, 7) is 6.60. The Morgan fingerprint density at radius 1 is 0.480 bits per heavy atom. The second-order valence-electron chi connectivity index (χ2n) is 6.86. The zero-order valence-corrected chi connectivity index (χ0v) is 15.0. The molecule has 0 aromatic heterocycles. The first-order chi connectivity index (χ1) is 12.1. The molecule has 25 heavy (non-hydrogen) atoms. The van der Waals surface area contributed by atoms with Gasteiger partial charge in [-0.3, -0.25) is 0 Å². The SMILES string of the molecule is Cc1ccc(-c2ccc3ccccc3c2)cc1-c1c(C)cccc1C. The monoisotopic (exact) mass is 322 g/mol. The number of aryl methyl sites for hydroxylation is 3. The molecule has 0 radical (unpaired) electrons. The first-order valence-corrected chi connectivity index (χ1v) is 8.80. The molecule has 0 unspecified atom stereocenters. The summed E-state index contributed by atoms with van der Waals surface area (Å²) in [6.07, 6.45) is 0. The average molecular weight is 322 g/mol. The smallest absolute Gasteiger partial charge is 0.0123 e. The molecule has 0 aliphatic heterocycles. The van der Waals surface area contributed by atoms with E-state index < -0.39 is 0 Å². The van der Waals surface area contributed by atoms with E-state index in [4.69, 9.17) is 0 Å². The largest absolute Gasteiger partial charge is 0.0617 e. The minimum Gasteiger partial charge on any atom is -0.0617 e. The van der Waals surface area contributed by atoms with Crippen molar-refractivity contribution in [2.45, 2.75) is 20.8 Å². The maximum absolute atomic E-state index is 2.34. The van der Waals surface area contributed by atoms with E-state index in [1.165, 1.54) is 49.7 Å². The van der Waals surface area contributed by atoms with Crippen LogP contribution in [0.1, 0.15) is 16.7 Å². The Bertz CT molecular complexity index is 1050. The van der Waals surface area contributed by atoms with E-state index in [9.17, 15) is 0 Å². The second-order valence-corrected chi connectivity index (χ2v) is 6.86. The zero-order valence-electron chi connectivity index (χ0n) is 15.0. The molecule has 0 spiro atoms. The molecule has 0 saturated heterocycles. The lowest BCUT2D eigenvalue weighted by molar-refractivity contribution is 1.35. The zero-order chi connectivity index (χ0) is 17.4. The summed E-state index contributed by atoms with van der Waals surface area (Å²) in [7, 11) is 0. The number of hydrogen-bond donors (Lipinski definition) is 0. The molecule has 0 bridgehead atoms. The van der Waals surface area contributed by atoms with Crippen molar-refractivity contribution in [3.63, 3.8) is 0 Å². The van der Waals surface area contributed by atoms with Crippen molar-refractivity contribution >= 4 is 10.8 Å². The van der Waals surface area contributed by atoms with Crippen LogP contribution in [0.3, 0.4) is 0 Å². The number of benzene rings is 4. The van der Waals surface area contributed by atoms with E-state index in [1.807, 2.05) is 0 Å². The van der Waals surface area contributed by atoms with Gasteiger partial charge in [0.1, 0.15) is 0 Å². The van der Waals surface area contributed by atoms with Crippen molar-refractivity contribution in [1.82, 2.24) is 0 Å². The predicted octanol–water partition coefficient (Wildman–Crippen LogP) is 7.10. The van der Waals surface area contributed by atoms with E-state index in [2.05, 4.69) is 99.6 Å². The Balaban J connectivity index is 1.89. The van der Waals surface area contributed by atoms with Gasteiger partial charge in [-0.25, -0.2) is 0 Å². The lowest BCUT2D eigenvalue weighted by Gasteiger charge is -2.15. The topological polar surface area (TPSA) is 0 Å². The summed E-state index contributed by atoms with van der Waals surface area (Å²) in [5.74, 6) is 0. The normalized spacial score (nSPS) is 11.0. The Morgan fingerprint density at radius 3 is 1.88 bits per heavy atom. The average Bonchev–Trinajstić information content (AvgIpc) is 2.62. The van der Waals surface area contributed by atoms with Crippen LogP contribution in [-0.2, 0) is 0 Å². The van der Waals surface area contributed by atoms with Gasteiger partial charge in [0.25, 0.3) is 0 Å². The van der Waals surface area contributed by atoms with Crippen molar-refractivity contribution in [3.05, 3.63) is 95.6 Å². The van der Waals surface area contributed by atoms with E-state index in [0.29, 0.717) is 0 Å². The molecule has 0 atom stereocenters.